The van der Waals surface area contributed by atoms with E-state index in [1.165, 1.54) is 9.80 Å². The van der Waals surface area contributed by atoms with Crippen LogP contribution in [0.4, 0.5) is 14.4 Å². The van der Waals surface area contributed by atoms with Crippen LogP contribution in [-0.4, -0.2) is 117 Å². The predicted molar refractivity (Wildman–Crippen MR) is 236 cm³/mol. The largest absolute Gasteiger partial charge is 0.444 e. The average molecular weight is 891 g/mol. The van der Waals surface area contributed by atoms with Crippen molar-refractivity contribution in [2.24, 2.45) is 10.8 Å². The molecular weight excluding hydrogens is 833 g/mol. The Morgan fingerprint density at radius 3 is 1.49 bits per heavy atom. The lowest BCUT2D eigenvalue weighted by molar-refractivity contribution is -0.133. The second-order valence-corrected chi connectivity index (χ2v) is 20.8. The lowest BCUT2D eigenvalue weighted by Crippen LogP contribution is -2.56. The van der Waals surface area contributed by atoms with E-state index in [-0.39, 0.29) is 53.4 Å². The molecule has 0 bridgehead atoms. The molecule has 20 nitrogen and oxygen atoms in total. The monoisotopic (exact) mass is 890 g/mol. The van der Waals surface area contributed by atoms with E-state index in [1.54, 1.807) is 38.1 Å². The molecule has 20 heteroatoms. The van der Waals surface area contributed by atoms with Gasteiger partial charge in [0.05, 0.1) is 13.1 Å². The number of nitrogens with one attached hydrogen (secondary N) is 3. The molecular formula is C45H58N14O6. The number of piperidine rings is 2. The van der Waals surface area contributed by atoms with Crippen LogP contribution in [0, 0.1) is 33.5 Å². The molecule has 7 amide bonds. The molecule has 0 aliphatic carbocycles. The molecule has 8 rings (SSSR count). The summed E-state index contributed by atoms with van der Waals surface area (Å²) in [7, 11) is 0. The van der Waals surface area contributed by atoms with Crippen LogP contribution in [0.25, 0.3) is 22.1 Å². The van der Waals surface area contributed by atoms with Crippen LogP contribution in [-0.2, 0) is 40.5 Å². The number of hydrogen-bond acceptors (Lipinski definition) is 13. The molecule has 0 aromatic carbocycles. The Balaban J connectivity index is 0.000000198. The Labute approximate surface area is 377 Å². The van der Waals surface area contributed by atoms with Crippen molar-refractivity contribution >= 4 is 52.0 Å². The zero-order valence-electron chi connectivity index (χ0n) is 38.7. The van der Waals surface area contributed by atoms with Crippen molar-refractivity contribution in [2.75, 3.05) is 26.2 Å². The second kappa shape index (κ2) is 17.0. The van der Waals surface area contributed by atoms with Gasteiger partial charge in [0.2, 0.25) is 11.6 Å². The lowest BCUT2D eigenvalue weighted by Gasteiger charge is -2.37. The first kappa shape index (κ1) is 46.3. The molecule has 4 saturated heterocycles. The summed E-state index contributed by atoms with van der Waals surface area (Å²) < 4.78 is 9.39. The van der Waals surface area contributed by atoms with Gasteiger partial charge >= 0.3 is 18.2 Å². The number of aromatic nitrogens is 6. The molecule has 0 saturated carbocycles. The molecule has 0 atom stereocenters. The third-order valence-corrected chi connectivity index (χ3v) is 11.8. The standard InChI is InChI=1S/C25H33N7O4.C20H25N7O2/c1-23(2,3)15-32-17(11-16-13-27-18(12-26)28-19(16)32)14-31-20(33)25(29-21(31)34)7-9-30(10-8-25)22(35)36-24(4,5)6;1-19(2,3)12-27-14(8-13-10-23-15(9-21)24-16(13)27)11-26-17(28)20(25-18(26)29)4-6-22-7-5-20/h11,13H,7-10,14-15H2,1-6H3,(H,29,34);8,10,22H,4-7,11-12H2,1-3H3,(H,25,29). The molecule has 0 unspecified atom stereocenters. The van der Waals surface area contributed by atoms with Crippen LogP contribution in [0.1, 0.15) is 111 Å². The third-order valence-electron chi connectivity index (χ3n) is 11.8. The predicted octanol–water partition coefficient (Wildman–Crippen LogP) is 4.69. The molecule has 65 heavy (non-hydrogen) atoms. The zero-order valence-corrected chi connectivity index (χ0v) is 38.7. The van der Waals surface area contributed by atoms with E-state index in [1.807, 2.05) is 33.4 Å². The summed E-state index contributed by atoms with van der Waals surface area (Å²) in [6.45, 7) is 21.4. The first-order valence-electron chi connectivity index (χ1n) is 21.9. The minimum atomic E-state index is -1.04. The number of carbonyl (C=O) groups is 5. The van der Waals surface area contributed by atoms with E-state index in [4.69, 9.17) is 4.74 Å². The van der Waals surface area contributed by atoms with Crippen LogP contribution < -0.4 is 16.0 Å². The van der Waals surface area contributed by atoms with E-state index in [0.29, 0.717) is 76.2 Å². The van der Waals surface area contributed by atoms with Gasteiger partial charge in [-0.15, -0.1) is 0 Å². The van der Waals surface area contributed by atoms with E-state index in [0.717, 1.165) is 22.2 Å². The van der Waals surface area contributed by atoms with Gasteiger partial charge < -0.3 is 34.7 Å². The van der Waals surface area contributed by atoms with E-state index >= 15 is 0 Å². The zero-order chi connectivity index (χ0) is 47.3. The molecule has 4 aromatic heterocycles. The number of hydrogen-bond donors (Lipinski definition) is 3. The highest BCUT2D eigenvalue weighted by Crippen LogP contribution is 2.34. The number of ether oxygens (including phenoxy) is 1. The summed E-state index contributed by atoms with van der Waals surface area (Å²) in [5.41, 5.74) is 0.150. The normalized spacial score (nSPS) is 18.5. The van der Waals surface area contributed by atoms with Gasteiger partial charge in [0.15, 0.2) is 0 Å². The summed E-state index contributed by atoms with van der Waals surface area (Å²) in [5.74, 6) is -0.304. The van der Waals surface area contributed by atoms with E-state index in [9.17, 15) is 34.5 Å². The Morgan fingerprint density at radius 1 is 0.692 bits per heavy atom. The third kappa shape index (κ3) is 9.73. The van der Waals surface area contributed by atoms with Crippen LogP contribution in [0.2, 0.25) is 0 Å². The van der Waals surface area contributed by atoms with Crippen molar-refractivity contribution in [3.05, 3.63) is 47.6 Å². The van der Waals surface area contributed by atoms with Crippen molar-refractivity contribution in [2.45, 2.75) is 131 Å². The number of nitriles is 2. The highest BCUT2D eigenvalue weighted by Gasteiger charge is 2.54. The highest BCUT2D eigenvalue weighted by atomic mass is 16.6. The first-order chi connectivity index (χ1) is 30.4. The fourth-order valence-electron chi connectivity index (χ4n) is 8.75. The second-order valence-electron chi connectivity index (χ2n) is 20.8. The maximum Gasteiger partial charge on any atom is 0.410 e. The van der Waals surface area contributed by atoms with Crippen LogP contribution in [0.5, 0.6) is 0 Å². The highest BCUT2D eigenvalue weighted by molar-refractivity contribution is 6.08. The summed E-state index contributed by atoms with van der Waals surface area (Å²) in [5, 5.41) is 29.0. The minimum Gasteiger partial charge on any atom is -0.444 e. The molecule has 8 heterocycles. The van der Waals surface area contributed by atoms with Crippen molar-refractivity contribution in [3.8, 4) is 12.1 Å². The molecule has 4 aliphatic rings. The molecule has 344 valence electrons. The van der Waals surface area contributed by atoms with E-state index < -0.39 is 28.8 Å². The summed E-state index contributed by atoms with van der Waals surface area (Å²) in [6.07, 6.45) is 4.60. The number of rotatable bonds is 6. The van der Waals surface area contributed by atoms with Crippen molar-refractivity contribution in [1.29, 1.82) is 10.5 Å². The van der Waals surface area contributed by atoms with Gasteiger partial charge in [0, 0.05) is 60.7 Å². The first-order valence-corrected chi connectivity index (χ1v) is 21.9. The number of urea groups is 2. The van der Waals surface area contributed by atoms with Crippen molar-refractivity contribution in [1.82, 2.24) is 59.7 Å². The fourth-order valence-corrected chi connectivity index (χ4v) is 8.75. The molecule has 4 aliphatic heterocycles. The Morgan fingerprint density at radius 2 is 1.11 bits per heavy atom. The Bertz CT molecular complexity index is 2640. The molecule has 4 aromatic rings. The van der Waals surface area contributed by atoms with Crippen LogP contribution in [0.15, 0.2) is 24.5 Å². The molecule has 2 spiro atoms. The van der Waals surface area contributed by atoms with Gasteiger partial charge in [-0.2, -0.15) is 10.5 Å². The maximum absolute atomic E-state index is 13.5. The number of likely N-dealkylation sites (tertiary alicyclic amines) is 1. The maximum atomic E-state index is 13.5. The van der Waals surface area contributed by atoms with Gasteiger partial charge in [0.25, 0.3) is 11.8 Å². The Hall–Kier alpha value is -6.67. The number of imide groups is 2. The van der Waals surface area contributed by atoms with Crippen molar-refractivity contribution < 1.29 is 28.7 Å². The van der Waals surface area contributed by atoms with E-state index in [2.05, 4.69) is 77.4 Å². The smallest absolute Gasteiger partial charge is 0.410 e. The van der Waals surface area contributed by atoms with Crippen LogP contribution >= 0.6 is 0 Å². The SMILES string of the molecule is CC(C)(C)Cn1c(CN2C(=O)NC3(CCN(C(=O)OC(C)(C)C)CC3)C2=O)cc2cnc(C#N)nc21.CC(C)(C)Cn1c(CN2C(=O)NC3(CCNCC3)C2=O)cc2cnc(C#N)nc21. The average Bonchev–Trinajstić information content (AvgIpc) is 3.88. The van der Waals surface area contributed by atoms with Gasteiger partial charge in [-0.25, -0.2) is 34.3 Å². The lowest BCUT2D eigenvalue weighted by atomic mass is 9.87. The van der Waals surface area contributed by atoms with Crippen molar-refractivity contribution in [3.63, 3.8) is 0 Å². The fraction of sp³-hybridized carbons (Fsp3) is 0.578. The van der Waals surface area contributed by atoms with Gasteiger partial charge in [-0.05, 0) is 82.5 Å². The Kier molecular flexibility index (Phi) is 12.1. The summed E-state index contributed by atoms with van der Waals surface area (Å²) >= 11 is 0. The molecule has 0 radical (unpaired) electrons. The topological polar surface area (TPSA) is 249 Å². The number of fused-ring (bicyclic) bond motifs is 2. The number of amides is 7. The van der Waals surface area contributed by atoms with Crippen LogP contribution in [0.3, 0.4) is 0 Å². The molecule has 4 fully saturated rings. The summed E-state index contributed by atoms with van der Waals surface area (Å²) in [6, 6.07) is 6.89. The van der Waals surface area contributed by atoms with Gasteiger partial charge in [-0.1, -0.05) is 41.5 Å². The summed E-state index contributed by atoms with van der Waals surface area (Å²) in [4.78, 5) is 85.8. The number of nitrogens with zero attached hydrogens (tertiary/aromatic N) is 11. The molecule has 3 N–H and O–H groups in total. The number of carbonyl (C=O) groups excluding carboxylic acids is 5. The van der Waals surface area contributed by atoms with Gasteiger partial charge in [-0.3, -0.25) is 19.4 Å². The quantitative estimate of drug-likeness (QED) is 0.223. The van der Waals surface area contributed by atoms with Gasteiger partial charge in [0.1, 0.15) is 40.1 Å². The minimum absolute atomic E-state index is 0.0630.